The van der Waals surface area contributed by atoms with Crippen molar-refractivity contribution in [3.63, 3.8) is 0 Å². The van der Waals surface area contributed by atoms with Crippen LogP contribution < -0.4 is 10.2 Å². The van der Waals surface area contributed by atoms with E-state index < -0.39 is 17.5 Å². The summed E-state index contributed by atoms with van der Waals surface area (Å²) in [5.74, 6) is -2.37. The summed E-state index contributed by atoms with van der Waals surface area (Å²) in [7, 11) is 3.99. The Morgan fingerprint density at radius 3 is 2.33 bits per heavy atom. The number of hydrogen-bond donors (Lipinski definition) is 1. The van der Waals surface area contributed by atoms with Gasteiger partial charge in [-0.1, -0.05) is 12.1 Å². The van der Waals surface area contributed by atoms with E-state index in [2.05, 4.69) is 34.5 Å². The molecule has 1 heterocycles. The molecule has 144 valence electrons. The lowest BCUT2D eigenvalue weighted by Crippen LogP contribution is -2.36. The van der Waals surface area contributed by atoms with Gasteiger partial charge in [-0.2, -0.15) is 0 Å². The van der Waals surface area contributed by atoms with Gasteiger partial charge in [0, 0.05) is 31.9 Å². The van der Waals surface area contributed by atoms with Gasteiger partial charge in [0.05, 0.1) is 6.04 Å². The van der Waals surface area contributed by atoms with Crippen molar-refractivity contribution in [1.82, 2.24) is 10.2 Å². The number of nitrogens with zero attached hydrogens (tertiary/aromatic N) is 2. The zero-order valence-electron chi connectivity index (χ0n) is 15.7. The number of halogens is 2. The van der Waals surface area contributed by atoms with Gasteiger partial charge < -0.3 is 10.2 Å². The Bertz CT molecular complexity index is 787. The van der Waals surface area contributed by atoms with Crippen LogP contribution in [0.15, 0.2) is 42.5 Å². The van der Waals surface area contributed by atoms with E-state index in [1.54, 1.807) is 0 Å². The standard InChI is InChI=1S/C21H25F2N3O/c1-25(2)17-8-5-15(6-9-17)20(26-11-3-4-12-26)14-24-21(27)16-7-10-18(22)19(23)13-16/h5-10,13,20H,3-4,11-12,14H2,1-2H3,(H,24,27)/t20-/m0/s1. The number of likely N-dealkylation sites (tertiary alicyclic amines) is 1. The molecule has 1 aliphatic heterocycles. The predicted octanol–water partition coefficient (Wildman–Crippen LogP) is 3.60. The summed E-state index contributed by atoms with van der Waals surface area (Å²) >= 11 is 0. The van der Waals surface area contributed by atoms with Gasteiger partial charge >= 0.3 is 0 Å². The summed E-state index contributed by atoms with van der Waals surface area (Å²) in [6, 6.07) is 11.6. The van der Waals surface area contributed by atoms with Gasteiger partial charge in [-0.25, -0.2) is 8.78 Å². The van der Waals surface area contributed by atoms with Crippen molar-refractivity contribution in [3.05, 3.63) is 65.2 Å². The minimum Gasteiger partial charge on any atom is -0.378 e. The fourth-order valence-corrected chi connectivity index (χ4v) is 3.43. The molecule has 6 heteroatoms. The maximum atomic E-state index is 13.4. The fraction of sp³-hybridized carbons (Fsp3) is 0.381. The van der Waals surface area contributed by atoms with Crippen molar-refractivity contribution in [2.75, 3.05) is 38.6 Å². The number of amides is 1. The minimum absolute atomic E-state index is 0.0537. The van der Waals surface area contributed by atoms with Gasteiger partial charge in [0.25, 0.3) is 5.91 Å². The quantitative estimate of drug-likeness (QED) is 0.840. The van der Waals surface area contributed by atoms with Crippen LogP contribution in [0.3, 0.4) is 0 Å². The van der Waals surface area contributed by atoms with Crippen LogP contribution in [-0.4, -0.2) is 44.5 Å². The minimum atomic E-state index is -1.02. The van der Waals surface area contributed by atoms with E-state index in [4.69, 9.17) is 0 Å². The lowest BCUT2D eigenvalue weighted by molar-refractivity contribution is 0.0937. The molecule has 27 heavy (non-hydrogen) atoms. The summed E-state index contributed by atoms with van der Waals surface area (Å²) in [6.45, 7) is 2.39. The van der Waals surface area contributed by atoms with Gasteiger partial charge in [-0.05, 0) is 61.8 Å². The average molecular weight is 373 g/mol. The molecule has 0 aliphatic carbocycles. The first kappa shape index (κ1) is 19.3. The van der Waals surface area contributed by atoms with E-state index in [0.717, 1.165) is 49.3 Å². The van der Waals surface area contributed by atoms with Gasteiger partial charge in [-0.3, -0.25) is 9.69 Å². The van der Waals surface area contributed by atoms with Gasteiger partial charge in [-0.15, -0.1) is 0 Å². The maximum Gasteiger partial charge on any atom is 0.251 e. The largest absolute Gasteiger partial charge is 0.378 e. The topological polar surface area (TPSA) is 35.6 Å². The van der Waals surface area contributed by atoms with Crippen molar-refractivity contribution in [3.8, 4) is 0 Å². The second-order valence-electron chi connectivity index (χ2n) is 7.08. The van der Waals surface area contributed by atoms with Crippen LogP contribution in [-0.2, 0) is 0 Å². The molecule has 1 atom stereocenters. The highest BCUT2D eigenvalue weighted by molar-refractivity contribution is 5.94. The molecule has 4 nitrogen and oxygen atoms in total. The van der Waals surface area contributed by atoms with Crippen molar-refractivity contribution < 1.29 is 13.6 Å². The molecular weight excluding hydrogens is 348 g/mol. The molecule has 0 radical (unpaired) electrons. The predicted molar refractivity (Wildman–Crippen MR) is 103 cm³/mol. The molecule has 1 amide bonds. The average Bonchev–Trinajstić information content (AvgIpc) is 3.19. The molecule has 1 saturated heterocycles. The van der Waals surface area contributed by atoms with E-state index in [1.807, 2.05) is 19.0 Å². The SMILES string of the molecule is CN(C)c1ccc([C@H](CNC(=O)c2ccc(F)c(F)c2)N2CCCC2)cc1. The number of benzene rings is 2. The van der Waals surface area contributed by atoms with E-state index in [0.29, 0.717) is 6.54 Å². The Kier molecular flexibility index (Phi) is 6.06. The molecule has 2 aromatic carbocycles. The number of nitrogens with one attached hydrogen (secondary N) is 1. The first-order valence-electron chi connectivity index (χ1n) is 9.20. The van der Waals surface area contributed by atoms with Crippen molar-refractivity contribution in [2.24, 2.45) is 0 Å². The Morgan fingerprint density at radius 1 is 1.07 bits per heavy atom. The number of hydrogen-bond acceptors (Lipinski definition) is 3. The fourth-order valence-electron chi connectivity index (χ4n) is 3.43. The first-order chi connectivity index (χ1) is 13.0. The summed E-state index contributed by atoms with van der Waals surface area (Å²) in [4.78, 5) is 16.8. The number of rotatable bonds is 6. The molecule has 1 aliphatic rings. The number of carbonyl (C=O) groups excluding carboxylic acids is 1. The maximum absolute atomic E-state index is 13.4. The van der Waals surface area contributed by atoms with Crippen LogP contribution in [0.5, 0.6) is 0 Å². The van der Waals surface area contributed by atoms with Crippen molar-refractivity contribution in [2.45, 2.75) is 18.9 Å². The third-order valence-corrected chi connectivity index (χ3v) is 5.01. The van der Waals surface area contributed by atoms with Gasteiger partial charge in [0.2, 0.25) is 0 Å². The number of carbonyl (C=O) groups is 1. The van der Waals surface area contributed by atoms with Crippen LogP contribution >= 0.6 is 0 Å². The summed E-state index contributed by atoms with van der Waals surface area (Å²) in [5.41, 5.74) is 2.37. The van der Waals surface area contributed by atoms with E-state index in [9.17, 15) is 13.6 Å². The molecule has 2 aromatic rings. The molecule has 0 bridgehead atoms. The summed E-state index contributed by atoms with van der Waals surface area (Å²) < 4.78 is 26.5. The Morgan fingerprint density at radius 2 is 1.74 bits per heavy atom. The highest BCUT2D eigenvalue weighted by Crippen LogP contribution is 2.26. The van der Waals surface area contributed by atoms with Crippen LogP contribution in [0.4, 0.5) is 14.5 Å². The monoisotopic (exact) mass is 373 g/mol. The second-order valence-corrected chi connectivity index (χ2v) is 7.08. The zero-order chi connectivity index (χ0) is 19.4. The highest BCUT2D eigenvalue weighted by Gasteiger charge is 2.24. The lowest BCUT2D eigenvalue weighted by Gasteiger charge is -2.28. The number of anilines is 1. The van der Waals surface area contributed by atoms with Gasteiger partial charge in [0.15, 0.2) is 11.6 Å². The van der Waals surface area contributed by atoms with Crippen molar-refractivity contribution >= 4 is 11.6 Å². The smallest absolute Gasteiger partial charge is 0.251 e. The molecule has 0 saturated carbocycles. The van der Waals surface area contributed by atoms with E-state index in [1.165, 1.54) is 6.07 Å². The zero-order valence-corrected chi connectivity index (χ0v) is 15.7. The van der Waals surface area contributed by atoms with Crippen LogP contribution in [0.1, 0.15) is 34.8 Å². The normalized spacial score (nSPS) is 15.6. The molecule has 3 rings (SSSR count). The Balaban J connectivity index is 1.73. The Hall–Kier alpha value is -2.47. The molecule has 0 spiro atoms. The summed E-state index contributed by atoms with van der Waals surface area (Å²) in [5, 5.41) is 2.88. The highest BCUT2D eigenvalue weighted by atomic mass is 19.2. The molecule has 0 unspecified atom stereocenters. The summed E-state index contributed by atoms with van der Waals surface area (Å²) in [6.07, 6.45) is 2.28. The second kappa shape index (κ2) is 8.48. The van der Waals surface area contributed by atoms with Crippen LogP contribution in [0.25, 0.3) is 0 Å². The first-order valence-corrected chi connectivity index (χ1v) is 9.20. The molecule has 1 fully saturated rings. The lowest BCUT2D eigenvalue weighted by atomic mass is 10.0. The van der Waals surface area contributed by atoms with Gasteiger partial charge in [0.1, 0.15) is 0 Å². The Labute approximate surface area is 158 Å². The third-order valence-electron chi connectivity index (χ3n) is 5.01. The molecule has 1 N–H and O–H groups in total. The third kappa shape index (κ3) is 4.63. The van der Waals surface area contributed by atoms with Crippen molar-refractivity contribution in [1.29, 1.82) is 0 Å². The molecule has 0 aromatic heterocycles. The van der Waals surface area contributed by atoms with Crippen LogP contribution in [0.2, 0.25) is 0 Å². The van der Waals surface area contributed by atoms with E-state index in [-0.39, 0.29) is 11.6 Å². The van der Waals surface area contributed by atoms with E-state index >= 15 is 0 Å². The van der Waals surface area contributed by atoms with Crippen LogP contribution in [0, 0.1) is 11.6 Å². The molecular formula is C21H25F2N3O.